The van der Waals surface area contributed by atoms with E-state index in [9.17, 15) is 9.59 Å². The molecule has 1 aromatic rings. The Labute approximate surface area is 111 Å². The third-order valence-corrected chi connectivity index (χ3v) is 2.94. The summed E-state index contributed by atoms with van der Waals surface area (Å²) in [4.78, 5) is 24.8. The summed E-state index contributed by atoms with van der Waals surface area (Å²) in [5.74, 6) is -0.158. The fraction of sp³-hybridized carbons (Fsp3) is 0.385. The summed E-state index contributed by atoms with van der Waals surface area (Å²) in [6.45, 7) is 1.09. The fourth-order valence-electron chi connectivity index (χ4n) is 1.92. The molecule has 1 aliphatic heterocycles. The second kappa shape index (κ2) is 5.71. The van der Waals surface area contributed by atoms with Crippen LogP contribution in [0.15, 0.2) is 24.3 Å². The van der Waals surface area contributed by atoms with Crippen LogP contribution in [-0.4, -0.2) is 43.2 Å². The second-order valence-electron chi connectivity index (χ2n) is 4.38. The summed E-state index contributed by atoms with van der Waals surface area (Å²) < 4.78 is 9.81. The minimum absolute atomic E-state index is 0.00829. The van der Waals surface area contributed by atoms with E-state index < -0.39 is 12.1 Å². The molecule has 0 radical (unpaired) electrons. The van der Waals surface area contributed by atoms with Crippen molar-refractivity contribution in [2.45, 2.75) is 12.5 Å². The molecular formula is C13H16N2O4. The normalized spacial score (nSPS) is 18.2. The summed E-state index contributed by atoms with van der Waals surface area (Å²) in [7, 11) is 1.30. The summed E-state index contributed by atoms with van der Waals surface area (Å²) in [5, 5.41) is 0. The molecule has 6 heteroatoms. The van der Waals surface area contributed by atoms with E-state index in [4.69, 9.17) is 10.5 Å². The van der Waals surface area contributed by atoms with Crippen LogP contribution in [0.1, 0.15) is 16.8 Å². The van der Waals surface area contributed by atoms with Crippen molar-refractivity contribution in [3.8, 4) is 5.75 Å². The first-order valence-corrected chi connectivity index (χ1v) is 6.01. The molecule has 1 saturated heterocycles. The zero-order chi connectivity index (χ0) is 13.8. The number of benzene rings is 1. The molecule has 2 rings (SSSR count). The topological polar surface area (TPSA) is 81.9 Å². The predicted octanol–water partition coefficient (Wildman–Crippen LogP) is 1.00. The van der Waals surface area contributed by atoms with Crippen molar-refractivity contribution in [2.75, 3.05) is 20.2 Å². The number of hydrogen-bond acceptors (Lipinski definition) is 5. The lowest BCUT2D eigenvalue weighted by Gasteiger charge is -2.15. The average Bonchev–Trinajstić information content (AvgIpc) is 2.85. The minimum Gasteiger partial charge on any atom is -0.465 e. The van der Waals surface area contributed by atoms with Crippen LogP contribution in [0.2, 0.25) is 0 Å². The summed E-state index contributed by atoms with van der Waals surface area (Å²) in [6, 6.07) is 6.31. The standard InChI is InChI=1S/C13H16N2O4/c1-18-12(16)9-3-2-4-11(7-9)19-13(17)15-6-5-10(14)8-15/h2-4,7,10H,5-6,8,14H2,1H3/t10-/m1/s1. The molecule has 6 nitrogen and oxygen atoms in total. The SMILES string of the molecule is COC(=O)c1cccc(OC(=O)N2CC[C@@H](N)C2)c1. The van der Waals surface area contributed by atoms with Crippen molar-refractivity contribution in [1.29, 1.82) is 0 Å². The van der Waals surface area contributed by atoms with Gasteiger partial charge >= 0.3 is 12.1 Å². The number of nitrogens with two attached hydrogens (primary N) is 1. The highest BCUT2D eigenvalue weighted by molar-refractivity contribution is 5.89. The van der Waals surface area contributed by atoms with Gasteiger partial charge in [-0.3, -0.25) is 0 Å². The molecule has 0 aliphatic carbocycles. The lowest BCUT2D eigenvalue weighted by Crippen LogP contribution is -2.34. The van der Waals surface area contributed by atoms with E-state index in [-0.39, 0.29) is 6.04 Å². The molecule has 0 spiro atoms. The molecular weight excluding hydrogens is 248 g/mol. The van der Waals surface area contributed by atoms with E-state index in [0.29, 0.717) is 24.4 Å². The van der Waals surface area contributed by atoms with Gasteiger partial charge in [0.25, 0.3) is 0 Å². The highest BCUT2D eigenvalue weighted by Crippen LogP contribution is 2.16. The highest BCUT2D eigenvalue weighted by Gasteiger charge is 2.25. The highest BCUT2D eigenvalue weighted by atomic mass is 16.6. The van der Waals surface area contributed by atoms with Gasteiger partial charge in [-0.1, -0.05) is 6.07 Å². The van der Waals surface area contributed by atoms with E-state index in [1.54, 1.807) is 23.1 Å². The Morgan fingerprint density at radius 3 is 2.84 bits per heavy atom. The van der Waals surface area contributed by atoms with E-state index in [1.807, 2.05) is 0 Å². The Hall–Kier alpha value is -2.08. The number of carbonyl (C=O) groups is 2. The molecule has 0 aromatic heterocycles. The molecule has 1 heterocycles. The van der Waals surface area contributed by atoms with Gasteiger partial charge in [-0.2, -0.15) is 0 Å². The molecule has 1 fully saturated rings. The fourth-order valence-corrected chi connectivity index (χ4v) is 1.92. The zero-order valence-corrected chi connectivity index (χ0v) is 10.7. The second-order valence-corrected chi connectivity index (χ2v) is 4.38. The summed E-state index contributed by atoms with van der Waals surface area (Å²) in [5.41, 5.74) is 6.07. The van der Waals surface area contributed by atoms with Gasteiger partial charge in [0, 0.05) is 19.1 Å². The predicted molar refractivity (Wildman–Crippen MR) is 68.0 cm³/mol. The average molecular weight is 264 g/mol. The van der Waals surface area contributed by atoms with Crippen molar-refractivity contribution < 1.29 is 19.1 Å². The van der Waals surface area contributed by atoms with Gasteiger partial charge in [0.1, 0.15) is 5.75 Å². The van der Waals surface area contributed by atoms with Crippen molar-refractivity contribution in [3.63, 3.8) is 0 Å². The van der Waals surface area contributed by atoms with E-state index >= 15 is 0 Å². The quantitative estimate of drug-likeness (QED) is 0.806. The molecule has 1 aliphatic rings. The van der Waals surface area contributed by atoms with Crippen LogP contribution in [0.25, 0.3) is 0 Å². The van der Waals surface area contributed by atoms with Crippen molar-refractivity contribution in [1.82, 2.24) is 4.90 Å². The number of esters is 1. The van der Waals surface area contributed by atoms with Crippen LogP contribution in [-0.2, 0) is 4.74 Å². The van der Waals surface area contributed by atoms with Gasteiger partial charge in [-0.05, 0) is 24.6 Å². The van der Waals surface area contributed by atoms with Gasteiger partial charge < -0.3 is 20.1 Å². The van der Waals surface area contributed by atoms with Crippen LogP contribution in [0, 0.1) is 0 Å². The first-order chi connectivity index (χ1) is 9.10. The van der Waals surface area contributed by atoms with Gasteiger partial charge in [-0.15, -0.1) is 0 Å². The number of ether oxygens (including phenoxy) is 2. The number of amides is 1. The van der Waals surface area contributed by atoms with Gasteiger partial charge in [0.2, 0.25) is 0 Å². The van der Waals surface area contributed by atoms with E-state index in [2.05, 4.69) is 4.74 Å². The maximum absolute atomic E-state index is 11.8. The maximum atomic E-state index is 11.8. The number of carbonyl (C=O) groups excluding carboxylic acids is 2. The molecule has 1 amide bonds. The molecule has 102 valence electrons. The van der Waals surface area contributed by atoms with Crippen molar-refractivity contribution in [2.24, 2.45) is 5.73 Å². The van der Waals surface area contributed by atoms with Crippen LogP contribution in [0.5, 0.6) is 5.75 Å². The Kier molecular flexibility index (Phi) is 4.01. The van der Waals surface area contributed by atoms with Crippen molar-refractivity contribution in [3.05, 3.63) is 29.8 Å². The minimum atomic E-state index is -0.471. The molecule has 1 atom stereocenters. The molecule has 0 saturated carbocycles. The maximum Gasteiger partial charge on any atom is 0.415 e. The Morgan fingerprint density at radius 1 is 1.42 bits per heavy atom. The lowest BCUT2D eigenvalue weighted by molar-refractivity contribution is 0.0600. The van der Waals surface area contributed by atoms with Gasteiger partial charge in [-0.25, -0.2) is 9.59 Å². The summed E-state index contributed by atoms with van der Waals surface area (Å²) in [6.07, 6.45) is 0.326. The van der Waals surface area contributed by atoms with Gasteiger partial charge in [0.15, 0.2) is 0 Å². The Bertz CT molecular complexity index is 489. The lowest BCUT2D eigenvalue weighted by atomic mass is 10.2. The van der Waals surface area contributed by atoms with Crippen LogP contribution in [0.4, 0.5) is 4.79 Å². The van der Waals surface area contributed by atoms with Crippen LogP contribution in [0.3, 0.4) is 0 Å². The molecule has 0 unspecified atom stereocenters. The molecule has 0 bridgehead atoms. The van der Waals surface area contributed by atoms with Crippen LogP contribution >= 0.6 is 0 Å². The third kappa shape index (κ3) is 3.23. The Balaban J connectivity index is 2.03. The first-order valence-electron chi connectivity index (χ1n) is 6.01. The zero-order valence-electron chi connectivity index (χ0n) is 10.7. The van der Waals surface area contributed by atoms with Crippen LogP contribution < -0.4 is 10.5 Å². The molecule has 19 heavy (non-hydrogen) atoms. The smallest absolute Gasteiger partial charge is 0.415 e. The monoisotopic (exact) mass is 264 g/mol. The number of nitrogens with zero attached hydrogens (tertiary/aromatic N) is 1. The number of rotatable bonds is 2. The third-order valence-electron chi connectivity index (χ3n) is 2.94. The Morgan fingerprint density at radius 2 is 2.21 bits per heavy atom. The number of methoxy groups -OCH3 is 1. The number of likely N-dealkylation sites (tertiary alicyclic amines) is 1. The van der Waals surface area contributed by atoms with E-state index in [1.165, 1.54) is 13.2 Å². The van der Waals surface area contributed by atoms with Crippen molar-refractivity contribution >= 4 is 12.1 Å². The number of hydrogen-bond donors (Lipinski definition) is 1. The summed E-state index contributed by atoms with van der Waals surface area (Å²) >= 11 is 0. The van der Waals surface area contributed by atoms with Gasteiger partial charge in [0.05, 0.1) is 12.7 Å². The van der Waals surface area contributed by atoms with E-state index in [0.717, 1.165) is 6.42 Å². The molecule has 1 aromatic carbocycles. The molecule has 2 N–H and O–H groups in total. The first kappa shape index (κ1) is 13.4. The largest absolute Gasteiger partial charge is 0.465 e.